The average Bonchev–Trinajstić information content (AvgIpc) is 3.13. The molecule has 0 radical (unpaired) electrons. The van der Waals surface area contributed by atoms with Gasteiger partial charge in [-0.25, -0.2) is 9.98 Å². The van der Waals surface area contributed by atoms with Gasteiger partial charge < -0.3 is 5.32 Å². The van der Waals surface area contributed by atoms with Gasteiger partial charge in [-0.05, 0) is 111 Å². The summed E-state index contributed by atoms with van der Waals surface area (Å²) < 4.78 is 0. The molecule has 0 bridgehead atoms. The summed E-state index contributed by atoms with van der Waals surface area (Å²) in [6.45, 7) is 6.08. The molecule has 0 aliphatic heterocycles. The van der Waals surface area contributed by atoms with Crippen molar-refractivity contribution in [3.63, 3.8) is 0 Å². The highest BCUT2D eigenvalue weighted by atomic mass is 14.9. The largest absolute Gasteiger partial charge is 0.378 e. The van der Waals surface area contributed by atoms with Crippen molar-refractivity contribution >= 4 is 33.6 Å². The third-order valence-electron chi connectivity index (χ3n) is 8.66. The van der Waals surface area contributed by atoms with E-state index in [1.807, 2.05) is 25.1 Å². The molecule has 0 saturated heterocycles. The Morgan fingerprint density at radius 2 is 1.60 bits per heavy atom. The van der Waals surface area contributed by atoms with Crippen LogP contribution in [0.2, 0.25) is 0 Å². The maximum Gasteiger partial charge on any atom is 0.154 e. The summed E-state index contributed by atoms with van der Waals surface area (Å²) in [6.07, 6.45) is 22.6. The van der Waals surface area contributed by atoms with Crippen LogP contribution in [0.3, 0.4) is 0 Å². The summed E-state index contributed by atoms with van der Waals surface area (Å²) in [4.78, 5) is 9.31. The summed E-state index contributed by atoms with van der Waals surface area (Å²) in [7, 11) is 0. The molecule has 1 atom stereocenters. The van der Waals surface area contributed by atoms with Crippen LogP contribution in [0.15, 0.2) is 170 Å². The van der Waals surface area contributed by atoms with Crippen molar-refractivity contribution in [1.82, 2.24) is 10.3 Å². The predicted octanol–water partition coefficient (Wildman–Crippen LogP) is 11.0. The van der Waals surface area contributed by atoms with E-state index in [2.05, 4.69) is 150 Å². The summed E-state index contributed by atoms with van der Waals surface area (Å²) in [5.41, 5.74) is 11.3. The second kappa shape index (κ2) is 13.7. The zero-order valence-corrected chi connectivity index (χ0v) is 26.6. The molecule has 7 rings (SSSR count). The monoisotopic (exact) mass is 607 g/mol. The average molecular weight is 608 g/mol. The molecule has 0 spiro atoms. The van der Waals surface area contributed by atoms with Crippen LogP contribution < -0.4 is 5.32 Å². The van der Waals surface area contributed by atoms with Gasteiger partial charge in [0.05, 0.1) is 0 Å². The van der Waals surface area contributed by atoms with Gasteiger partial charge in [-0.1, -0.05) is 116 Å². The molecule has 5 aromatic rings. The van der Waals surface area contributed by atoms with Crippen LogP contribution in [-0.4, -0.2) is 16.7 Å². The first kappa shape index (κ1) is 29.9. The van der Waals surface area contributed by atoms with Crippen molar-refractivity contribution in [2.24, 2.45) is 4.99 Å². The van der Waals surface area contributed by atoms with Crippen LogP contribution >= 0.6 is 0 Å². The summed E-state index contributed by atoms with van der Waals surface area (Å²) >= 11 is 0. The number of nitrogens with one attached hydrogen (secondary N) is 1. The Kier molecular flexibility index (Phi) is 8.70. The van der Waals surface area contributed by atoms with Crippen LogP contribution in [0.4, 0.5) is 5.82 Å². The number of allylic oxidation sites excluding steroid dienone is 8. The Morgan fingerprint density at radius 3 is 2.38 bits per heavy atom. The molecule has 1 heterocycles. The zero-order chi connectivity index (χ0) is 32.0. The van der Waals surface area contributed by atoms with Crippen molar-refractivity contribution < 1.29 is 0 Å². The highest BCUT2D eigenvalue weighted by Gasteiger charge is 2.14. The first-order valence-electron chi connectivity index (χ1n) is 16.2. The number of fused-ring (bicyclic) bond motifs is 1. The minimum Gasteiger partial charge on any atom is -0.378 e. The van der Waals surface area contributed by atoms with Gasteiger partial charge >= 0.3 is 0 Å². The van der Waals surface area contributed by atoms with E-state index in [1.165, 1.54) is 21.9 Å². The van der Waals surface area contributed by atoms with Gasteiger partial charge in [0.2, 0.25) is 0 Å². The molecule has 3 heteroatoms. The van der Waals surface area contributed by atoms with Crippen molar-refractivity contribution in [1.29, 1.82) is 0 Å². The van der Waals surface area contributed by atoms with Crippen molar-refractivity contribution in [3.05, 3.63) is 181 Å². The second-order valence-corrected chi connectivity index (χ2v) is 12.0. The molecule has 228 valence electrons. The fraction of sp³-hybridized carbons (Fsp3) is 0.0909. The topological polar surface area (TPSA) is 37.3 Å². The SMILES string of the molecule is C=C/C=C(\NC1C=CC=CC1)c1cc(-c2ccc(C3=C/C(=N/c4ncccc4C)CC=C3)cc2)cc(-c2ccc3ccccc3c2)c1. The maximum absolute atomic E-state index is 4.85. The standard InChI is InChI=1S/C44H37N3/c1-3-11-43(46-41-16-5-4-6-17-41)40-28-38(27-39(29-40)37-24-23-32-13-7-8-14-35(32)26-37)34-21-19-33(20-22-34)36-15-9-18-42(30-36)47-44-31(2)12-10-25-45-44/h3-16,19-30,41,46H,1,17-18H2,2H3/b43-11-,47-42+. The minimum absolute atomic E-state index is 0.227. The van der Waals surface area contributed by atoms with E-state index in [-0.39, 0.29) is 6.04 Å². The highest BCUT2D eigenvalue weighted by molar-refractivity contribution is 6.06. The molecule has 47 heavy (non-hydrogen) atoms. The lowest BCUT2D eigenvalue weighted by Crippen LogP contribution is -2.26. The molecule has 4 aromatic carbocycles. The van der Waals surface area contributed by atoms with E-state index in [9.17, 15) is 0 Å². The van der Waals surface area contributed by atoms with Crippen molar-refractivity contribution in [2.45, 2.75) is 25.8 Å². The van der Waals surface area contributed by atoms with Crippen LogP contribution in [0.25, 0.3) is 44.3 Å². The maximum atomic E-state index is 4.85. The number of nitrogens with zero attached hydrogens (tertiary/aromatic N) is 2. The number of aromatic nitrogens is 1. The number of benzene rings is 4. The molecule has 2 aliphatic carbocycles. The lowest BCUT2D eigenvalue weighted by atomic mass is 9.92. The van der Waals surface area contributed by atoms with Gasteiger partial charge in [0.25, 0.3) is 0 Å². The van der Waals surface area contributed by atoms with Crippen LogP contribution in [0, 0.1) is 6.92 Å². The minimum atomic E-state index is 0.227. The molecule has 0 fully saturated rings. The number of hydrogen-bond donors (Lipinski definition) is 1. The zero-order valence-electron chi connectivity index (χ0n) is 26.6. The Bertz CT molecular complexity index is 2140. The number of aliphatic imine (C=N–C) groups is 1. The molecule has 2 aliphatic rings. The van der Waals surface area contributed by atoms with E-state index < -0.39 is 0 Å². The molecule has 3 nitrogen and oxygen atoms in total. The molecule has 1 unspecified atom stereocenters. The Morgan fingerprint density at radius 1 is 0.809 bits per heavy atom. The predicted molar refractivity (Wildman–Crippen MR) is 201 cm³/mol. The van der Waals surface area contributed by atoms with E-state index in [4.69, 9.17) is 4.99 Å². The second-order valence-electron chi connectivity index (χ2n) is 12.0. The fourth-order valence-electron chi connectivity index (χ4n) is 6.15. The van der Waals surface area contributed by atoms with Crippen LogP contribution in [0.5, 0.6) is 0 Å². The van der Waals surface area contributed by atoms with Gasteiger partial charge in [-0.3, -0.25) is 0 Å². The van der Waals surface area contributed by atoms with Gasteiger partial charge in [-0.2, -0.15) is 0 Å². The number of pyridine rings is 1. The first-order chi connectivity index (χ1) is 23.1. The summed E-state index contributed by atoms with van der Waals surface area (Å²) in [5, 5.41) is 6.23. The smallest absolute Gasteiger partial charge is 0.154 e. The van der Waals surface area contributed by atoms with E-state index in [0.717, 1.165) is 63.5 Å². The van der Waals surface area contributed by atoms with E-state index in [1.54, 1.807) is 6.20 Å². The lowest BCUT2D eigenvalue weighted by molar-refractivity contribution is 0.718. The molecule has 1 N–H and O–H groups in total. The Hall–Kier alpha value is -5.80. The molecule has 0 saturated carbocycles. The van der Waals surface area contributed by atoms with Gasteiger partial charge in [0.15, 0.2) is 5.82 Å². The van der Waals surface area contributed by atoms with Crippen molar-refractivity contribution in [2.75, 3.05) is 0 Å². The van der Waals surface area contributed by atoms with Crippen LogP contribution in [-0.2, 0) is 0 Å². The Balaban J connectivity index is 1.26. The lowest BCUT2D eigenvalue weighted by Gasteiger charge is -2.21. The summed E-state index contributed by atoms with van der Waals surface area (Å²) in [5.74, 6) is 0.779. The fourth-order valence-corrected chi connectivity index (χ4v) is 6.15. The van der Waals surface area contributed by atoms with Gasteiger partial charge in [-0.15, -0.1) is 0 Å². The number of aryl methyl sites for hydroxylation is 1. The Labute approximate surface area is 277 Å². The highest BCUT2D eigenvalue weighted by Crippen LogP contribution is 2.34. The third-order valence-corrected chi connectivity index (χ3v) is 8.66. The summed E-state index contributed by atoms with van der Waals surface area (Å²) in [6, 6.07) is 35.2. The van der Waals surface area contributed by atoms with Crippen molar-refractivity contribution in [3.8, 4) is 22.3 Å². The van der Waals surface area contributed by atoms with Gasteiger partial charge in [0.1, 0.15) is 0 Å². The van der Waals surface area contributed by atoms with Gasteiger partial charge in [0, 0.05) is 30.1 Å². The van der Waals surface area contributed by atoms with E-state index in [0.29, 0.717) is 0 Å². The molecular weight excluding hydrogens is 571 g/mol. The molecule has 0 amide bonds. The first-order valence-corrected chi connectivity index (χ1v) is 16.2. The van der Waals surface area contributed by atoms with Crippen LogP contribution in [0.1, 0.15) is 29.5 Å². The quantitative estimate of drug-likeness (QED) is 0.178. The normalized spacial score (nSPS) is 16.8. The third kappa shape index (κ3) is 6.90. The molecule has 1 aromatic heterocycles. The number of hydrogen-bond acceptors (Lipinski definition) is 3. The molecular formula is C44H37N3. The van der Waals surface area contributed by atoms with E-state index >= 15 is 0 Å². The number of rotatable bonds is 8.